The number of guanidine groups is 1. The Labute approximate surface area is 161 Å². The number of pyridine rings is 1. The molecule has 0 aliphatic heterocycles. The van der Waals surface area contributed by atoms with Crippen LogP contribution in [0.1, 0.15) is 37.3 Å². The SMILES string of the molecule is CN=C(NCCCc1ccc(C(C)C)cc1)NCC(=O)Nc1cccnc1. The van der Waals surface area contributed by atoms with Gasteiger partial charge in [-0.2, -0.15) is 0 Å². The van der Waals surface area contributed by atoms with Crippen molar-refractivity contribution in [2.45, 2.75) is 32.6 Å². The zero-order valence-corrected chi connectivity index (χ0v) is 16.3. The van der Waals surface area contributed by atoms with Gasteiger partial charge in [-0.3, -0.25) is 14.8 Å². The third-order valence-corrected chi connectivity index (χ3v) is 4.17. The van der Waals surface area contributed by atoms with Crippen molar-refractivity contribution in [2.24, 2.45) is 4.99 Å². The smallest absolute Gasteiger partial charge is 0.243 e. The molecule has 27 heavy (non-hydrogen) atoms. The second kappa shape index (κ2) is 11.0. The quantitative estimate of drug-likeness (QED) is 0.381. The fourth-order valence-electron chi connectivity index (χ4n) is 2.60. The Hall–Kier alpha value is -2.89. The molecule has 0 spiro atoms. The van der Waals surface area contributed by atoms with Gasteiger partial charge in [-0.15, -0.1) is 0 Å². The summed E-state index contributed by atoms with van der Waals surface area (Å²) in [4.78, 5) is 20.0. The molecule has 1 aromatic carbocycles. The number of hydrogen-bond donors (Lipinski definition) is 3. The minimum Gasteiger partial charge on any atom is -0.356 e. The molecular formula is C21H29N5O. The Morgan fingerprint density at radius 3 is 2.56 bits per heavy atom. The van der Waals surface area contributed by atoms with Crippen molar-refractivity contribution in [2.75, 3.05) is 25.5 Å². The summed E-state index contributed by atoms with van der Waals surface area (Å²) in [7, 11) is 1.69. The summed E-state index contributed by atoms with van der Waals surface area (Å²) in [6.07, 6.45) is 5.27. The van der Waals surface area contributed by atoms with Crippen LogP contribution in [0.5, 0.6) is 0 Å². The van der Waals surface area contributed by atoms with Crippen LogP contribution in [0, 0.1) is 0 Å². The van der Waals surface area contributed by atoms with Crippen LogP contribution in [0.25, 0.3) is 0 Å². The van der Waals surface area contributed by atoms with E-state index in [1.807, 2.05) is 0 Å². The summed E-state index contributed by atoms with van der Waals surface area (Å²) in [5.74, 6) is 1.04. The number of aliphatic imine (C=N–C) groups is 1. The molecule has 1 amide bonds. The second-order valence-corrected chi connectivity index (χ2v) is 6.64. The number of carbonyl (C=O) groups excluding carboxylic acids is 1. The van der Waals surface area contributed by atoms with Gasteiger partial charge in [0.25, 0.3) is 0 Å². The molecule has 144 valence electrons. The normalized spacial score (nSPS) is 11.3. The van der Waals surface area contributed by atoms with Crippen LogP contribution in [0.2, 0.25) is 0 Å². The highest BCUT2D eigenvalue weighted by Crippen LogP contribution is 2.15. The topological polar surface area (TPSA) is 78.4 Å². The first-order chi connectivity index (χ1) is 13.1. The number of nitrogens with one attached hydrogen (secondary N) is 3. The van der Waals surface area contributed by atoms with Gasteiger partial charge in [0.2, 0.25) is 5.91 Å². The van der Waals surface area contributed by atoms with E-state index in [4.69, 9.17) is 0 Å². The summed E-state index contributed by atoms with van der Waals surface area (Å²) in [5, 5.41) is 9.03. The number of carbonyl (C=O) groups is 1. The standard InChI is InChI=1S/C21H29N5O/c1-16(2)18-10-8-17(9-11-18)6-4-13-24-21(22-3)25-15-20(27)26-19-7-5-12-23-14-19/h5,7-12,14,16H,4,6,13,15H2,1-3H3,(H,26,27)(H2,22,24,25). The summed E-state index contributed by atoms with van der Waals surface area (Å²) >= 11 is 0. The van der Waals surface area contributed by atoms with Crippen LogP contribution >= 0.6 is 0 Å². The van der Waals surface area contributed by atoms with E-state index in [2.05, 4.69) is 64.0 Å². The summed E-state index contributed by atoms with van der Waals surface area (Å²) < 4.78 is 0. The Kier molecular flexibility index (Phi) is 8.29. The number of aryl methyl sites for hydroxylation is 1. The first-order valence-electron chi connectivity index (χ1n) is 9.31. The monoisotopic (exact) mass is 367 g/mol. The Morgan fingerprint density at radius 1 is 1.15 bits per heavy atom. The van der Waals surface area contributed by atoms with E-state index in [-0.39, 0.29) is 12.5 Å². The van der Waals surface area contributed by atoms with E-state index >= 15 is 0 Å². The number of rotatable bonds is 8. The number of aromatic nitrogens is 1. The molecule has 0 saturated carbocycles. The van der Waals surface area contributed by atoms with Crippen LogP contribution < -0.4 is 16.0 Å². The van der Waals surface area contributed by atoms with E-state index in [1.54, 1.807) is 31.6 Å². The molecule has 1 heterocycles. The maximum atomic E-state index is 11.9. The van der Waals surface area contributed by atoms with E-state index in [0.29, 0.717) is 17.6 Å². The Bertz CT molecular complexity index is 726. The Balaban J connectivity index is 1.65. The number of amides is 1. The first-order valence-corrected chi connectivity index (χ1v) is 9.31. The van der Waals surface area contributed by atoms with Crippen molar-refractivity contribution < 1.29 is 4.79 Å². The number of anilines is 1. The molecule has 0 saturated heterocycles. The molecule has 3 N–H and O–H groups in total. The lowest BCUT2D eigenvalue weighted by molar-refractivity contribution is -0.115. The third kappa shape index (κ3) is 7.48. The van der Waals surface area contributed by atoms with Crippen LogP contribution in [0.4, 0.5) is 5.69 Å². The molecule has 0 aliphatic rings. The largest absolute Gasteiger partial charge is 0.356 e. The zero-order chi connectivity index (χ0) is 19.5. The zero-order valence-electron chi connectivity index (χ0n) is 16.3. The van der Waals surface area contributed by atoms with Crippen molar-refractivity contribution in [1.82, 2.24) is 15.6 Å². The van der Waals surface area contributed by atoms with E-state index in [9.17, 15) is 4.79 Å². The van der Waals surface area contributed by atoms with Gasteiger partial charge in [0.1, 0.15) is 0 Å². The number of nitrogens with zero attached hydrogens (tertiary/aromatic N) is 2. The van der Waals surface area contributed by atoms with Crippen molar-refractivity contribution in [3.63, 3.8) is 0 Å². The lowest BCUT2D eigenvalue weighted by atomic mass is 10.0. The second-order valence-electron chi connectivity index (χ2n) is 6.64. The lowest BCUT2D eigenvalue weighted by Crippen LogP contribution is -2.41. The molecule has 0 atom stereocenters. The molecular weight excluding hydrogens is 338 g/mol. The predicted molar refractivity (Wildman–Crippen MR) is 111 cm³/mol. The van der Waals surface area contributed by atoms with E-state index < -0.39 is 0 Å². The van der Waals surface area contributed by atoms with E-state index in [0.717, 1.165) is 19.4 Å². The van der Waals surface area contributed by atoms with E-state index in [1.165, 1.54) is 11.1 Å². The van der Waals surface area contributed by atoms with Crippen molar-refractivity contribution in [3.05, 3.63) is 59.9 Å². The van der Waals surface area contributed by atoms with Gasteiger partial charge in [-0.05, 0) is 42.0 Å². The van der Waals surface area contributed by atoms with Gasteiger partial charge < -0.3 is 16.0 Å². The van der Waals surface area contributed by atoms with Crippen molar-refractivity contribution in [3.8, 4) is 0 Å². The van der Waals surface area contributed by atoms with Crippen molar-refractivity contribution >= 4 is 17.6 Å². The minimum atomic E-state index is -0.142. The summed E-state index contributed by atoms with van der Waals surface area (Å²) in [6, 6.07) is 12.4. The molecule has 0 unspecified atom stereocenters. The highest BCUT2D eigenvalue weighted by atomic mass is 16.1. The number of hydrogen-bond acceptors (Lipinski definition) is 3. The first kappa shape index (κ1) is 20.4. The highest BCUT2D eigenvalue weighted by molar-refractivity contribution is 5.94. The summed E-state index contributed by atoms with van der Waals surface area (Å²) in [6.45, 7) is 5.34. The molecule has 6 nitrogen and oxygen atoms in total. The van der Waals surface area contributed by atoms with Gasteiger partial charge in [0.05, 0.1) is 18.4 Å². The van der Waals surface area contributed by atoms with Gasteiger partial charge in [0.15, 0.2) is 5.96 Å². The molecule has 0 fully saturated rings. The minimum absolute atomic E-state index is 0.142. The Morgan fingerprint density at radius 2 is 1.93 bits per heavy atom. The fraction of sp³-hybridized carbons (Fsp3) is 0.381. The number of benzene rings is 1. The fourth-order valence-corrected chi connectivity index (χ4v) is 2.60. The molecule has 0 aliphatic carbocycles. The molecule has 1 aromatic heterocycles. The third-order valence-electron chi connectivity index (χ3n) is 4.17. The maximum absolute atomic E-state index is 11.9. The highest BCUT2D eigenvalue weighted by Gasteiger charge is 2.04. The van der Waals surface area contributed by atoms with Crippen molar-refractivity contribution in [1.29, 1.82) is 0 Å². The van der Waals surface area contributed by atoms with Crippen LogP contribution in [-0.4, -0.2) is 37.0 Å². The van der Waals surface area contributed by atoms with Crippen LogP contribution in [-0.2, 0) is 11.2 Å². The summed E-state index contributed by atoms with van der Waals surface area (Å²) in [5.41, 5.74) is 3.38. The average Bonchev–Trinajstić information content (AvgIpc) is 2.68. The molecule has 0 bridgehead atoms. The molecule has 2 aromatic rings. The average molecular weight is 367 g/mol. The maximum Gasteiger partial charge on any atom is 0.243 e. The van der Waals surface area contributed by atoms with Gasteiger partial charge >= 0.3 is 0 Å². The van der Waals surface area contributed by atoms with Gasteiger partial charge in [-0.25, -0.2) is 0 Å². The lowest BCUT2D eigenvalue weighted by Gasteiger charge is -2.12. The van der Waals surface area contributed by atoms with Gasteiger partial charge in [-0.1, -0.05) is 38.1 Å². The molecule has 0 radical (unpaired) electrons. The molecule has 2 rings (SSSR count). The van der Waals surface area contributed by atoms with Crippen LogP contribution in [0.15, 0.2) is 53.8 Å². The van der Waals surface area contributed by atoms with Crippen LogP contribution in [0.3, 0.4) is 0 Å². The predicted octanol–water partition coefficient (Wildman–Crippen LogP) is 2.94. The molecule has 6 heteroatoms. The van der Waals surface area contributed by atoms with Gasteiger partial charge in [0, 0.05) is 19.8 Å².